The van der Waals surface area contributed by atoms with Gasteiger partial charge in [-0.15, -0.1) is 11.3 Å². The number of fused-ring (bicyclic) bond motifs is 1. The number of hydrogen-bond acceptors (Lipinski definition) is 3. The van der Waals surface area contributed by atoms with E-state index in [0.717, 1.165) is 49.2 Å². The lowest BCUT2D eigenvalue weighted by Crippen LogP contribution is -2.36. The van der Waals surface area contributed by atoms with Crippen LogP contribution in [0, 0.1) is 5.92 Å². The average molecular weight is 326 g/mol. The van der Waals surface area contributed by atoms with Crippen molar-refractivity contribution in [3.63, 3.8) is 0 Å². The van der Waals surface area contributed by atoms with Gasteiger partial charge in [-0.1, -0.05) is 6.07 Å². The first kappa shape index (κ1) is 14.5. The predicted octanol–water partition coefficient (Wildman–Crippen LogP) is 3.69. The molecule has 0 saturated heterocycles. The highest BCUT2D eigenvalue weighted by atomic mass is 32.1. The minimum atomic E-state index is -0.0818. The van der Waals surface area contributed by atoms with E-state index in [0.29, 0.717) is 4.88 Å². The van der Waals surface area contributed by atoms with Crippen molar-refractivity contribution in [3.05, 3.63) is 46.2 Å². The second kappa shape index (κ2) is 5.81. The maximum Gasteiger partial charge on any atom is 0.265 e. The Morgan fingerprint density at radius 1 is 1.22 bits per heavy atom. The topological polar surface area (TPSA) is 49.4 Å². The molecule has 1 aromatic carbocycles. The monoisotopic (exact) mass is 326 g/mol. The Labute approximate surface area is 139 Å². The Morgan fingerprint density at radius 3 is 2.83 bits per heavy atom. The predicted molar refractivity (Wildman–Crippen MR) is 92.1 cm³/mol. The molecule has 118 valence electrons. The molecule has 4 nitrogen and oxygen atoms in total. The molecule has 0 radical (unpaired) electrons. The molecule has 0 unspecified atom stereocenters. The summed E-state index contributed by atoms with van der Waals surface area (Å²) in [5, 5.41) is 4.83. The van der Waals surface area contributed by atoms with Gasteiger partial charge in [-0.05, 0) is 60.9 Å². The Bertz CT molecular complexity index is 750. The SMILES string of the molecule is O=C(Nc1ccc2c(c1)CCCN2C(=O)C1CC1)c1cccs1. The molecule has 1 N–H and O–H groups in total. The van der Waals surface area contributed by atoms with Crippen LogP contribution in [-0.2, 0) is 11.2 Å². The first-order valence-corrected chi connectivity index (χ1v) is 8.89. The summed E-state index contributed by atoms with van der Waals surface area (Å²) in [6, 6.07) is 9.55. The third kappa shape index (κ3) is 2.88. The summed E-state index contributed by atoms with van der Waals surface area (Å²) in [6.45, 7) is 0.809. The summed E-state index contributed by atoms with van der Waals surface area (Å²) < 4.78 is 0. The molecule has 1 aliphatic heterocycles. The zero-order valence-corrected chi connectivity index (χ0v) is 13.6. The molecule has 1 aromatic heterocycles. The minimum absolute atomic E-state index is 0.0818. The molecule has 2 amide bonds. The molecular weight excluding hydrogens is 308 g/mol. The van der Waals surface area contributed by atoms with Crippen molar-refractivity contribution < 1.29 is 9.59 Å². The van der Waals surface area contributed by atoms with Crippen molar-refractivity contribution in [2.24, 2.45) is 5.92 Å². The van der Waals surface area contributed by atoms with E-state index in [4.69, 9.17) is 0 Å². The molecule has 1 fully saturated rings. The van der Waals surface area contributed by atoms with Gasteiger partial charge in [0, 0.05) is 23.8 Å². The highest BCUT2D eigenvalue weighted by Crippen LogP contribution is 2.36. The second-order valence-corrected chi connectivity index (χ2v) is 7.09. The van der Waals surface area contributed by atoms with E-state index in [1.54, 1.807) is 0 Å². The van der Waals surface area contributed by atoms with Crippen molar-refractivity contribution in [2.75, 3.05) is 16.8 Å². The number of amides is 2. The molecule has 4 rings (SSSR count). The molecule has 5 heteroatoms. The Kier molecular flexibility index (Phi) is 3.65. The number of nitrogens with one attached hydrogen (secondary N) is 1. The Hall–Kier alpha value is -2.14. The van der Waals surface area contributed by atoms with Crippen LogP contribution in [0.4, 0.5) is 11.4 Å². The standard InChI is InChI=1S/C18H18N2O2S/c21-17(16-4-2-10-23-16)19-14-7-8-15-13(11-14)3-1-9-20(15)18(22)12-5-6-12/h2,4,7-8,10-12H,1,3,5-6,9H2,(H,19,21). The normalized spacial score (nSPS) is 16.8. The lowest BCUT2D eigenvalue weighted by Gasteiger charge is -2.30. The van der Waals surface area contributed by atoms with Crippen molar-refractivity contribution in [1.29, 1.82) is 0 Å². The van der Waals surface area contributed by atoms with Crippen LogP contribution >= 0.6 is 11.3 Å². The number of carbonyl (C=O) groups excluding carboxylic acids is 2. The van der Waals surface area contributed by atoms with Gasteiger partial charge in [0.25, 0.3) is 5.91 Å². The van der Waals surface area contributed by atoms with E-state index in [9.17, 15) is 9.59 Å². The summed E-state index contributed by atoms with van der Waals surface area (Å²) in [4.78, 5) is 27.2. The first-order chi connectivity index (χ1) is 11.2. The van der Waals surface area contributed by atoms with Crippen LogP contribution in [0.3, 0.4) is 0 Å². The number of rotatable bonds is 3. The van der Waals surface area contributed by atoms with Gasteiger partial charge in [0.2, 0.25) is 5.91 Å². The molecule has 1 saturated carbocycles. The smallest absolute Gasteiger partial charge is 0.265 e. The second-order valence-electron chi connectivity index (χ2n) is 6.14. The van der Waals surface area contributed by atoms with Crippen LogP contribution in [0.25, 0.3) is 0 Å². The molecule has 1 aliphatic carbocycles. The fraction of sp³-hybridized carbons (Fsp3) is 0.333. The van der Waals surface area contributed by atoms with Crippen molar-refractivity contribution >= 4 is 34.5 Å². The van der Waals surface area contributed by atoms with Crippen LogP contribution in [0.15, 0.2) is 35.7 Å². The summed E-state index contributed by atoms with van der Waals surface area (Å²) in [7, 11) is 0. The number of nitrogens with zero attached hydrogens (tertiary/aromatic N) is 1. The summed E-state index contributed by atoms with van der Waals surface area (Å²) in [5.41, 5.74) is 2.96. The summed E-state index contributed by atoms with van der Waals surface area (Å²) >= 11 is 1.43. The molecule has 2 aromatic rings. The third-order valence-electron chi connectivity index (χ3n) is 4.39. The fourth-order valence-corrected chi connectivity index (χ4v) is 3.67. The Morgan fingerprint density at radius 2 is 2.09 bits per heavy atom. The van der Waals surface area contributed by atoms with Crippen LogP contribution < -0.4 is 10.2 Å². The van der Waals surface area contributed by atoms with Crippen molar-refractivity contribution in [2.45, 2.75) is 25.7 Å². The largest absolute Gasteiger partial charge is 0.321 e. The Balaban J connectivity index is 1.55. The lowest BCUT2D eigenvalue weighted by molar-refractivity contribution is -0.119. The van der Waals surface area contributed by atoms with Gasteiger partial charge in [-0.2, -0.15) is 0 Å². The van der Waals surface area contributed by atoms with Crippen LogP contribution in [-0.4, -0.2) is 18.4 Å². The molecular formula is C18H18N2O2S. The maximum atomic E-state index is 12.4. The molecule has 0 spiro atoms. The quantitative estimate of drug-likeness (QED) is 0.935. The summed E-state index contributed by atoms with van der Waals surface area (Å²) in [6.07, 6.45) is 3.99. The van der Waals surface area contributed by atoms with Crippen LogP contribution in [0.5, 0.6) is 0 Å². The van der Waals surface area contributed by atoms with E-state index in [-0.39, 0.29) is 17.7 Å². The van der Waals surface area contributed by atoms with Crippen molar-refractivity contribution in [1.82, 2.24) is 0 Å². The van der Waals surface area contributed by atoms with E-state index < -0.39 is 0 Å². The highest BCUT2D eigenvalue weighted by molar-refractivity contribution is 7.12. The van der Waals surface area contributed by atoms with Gasteiger partial charge in [0.05, 0.1) is 4.88 Å². The van der Waals surface area contributed by atoms with Crippen LogP contribution in [0.1, 0.15) is 34.5 Å². The number of aryl methyl sites for hydroxylation is 1. The molecule has 2 heterocycles. The molecule has 23 heavy (non-hydrogen) atoms. The molecule has 0 bridgehead atoms. The van der Waals surface area contributed by atoms with Crippen molar-refractivity contribution in [3.8, 4) is 0 Å². The highest BCUT2D eigenvalue weighted by Gasteiger charge is 2.35. The van der Waals surface area contributed by atoms with E-state index in [1.165, 1.54) is 11.3 Å². The molecule has 0 atom stereocenters. The van der Waals surface area contributed by atoms with Gasteiger partial charge in [0.1, 0.15) is 0 Å². The minimum Gasteiger partial charge on any atom is -0.321 e. The maximum absolute atomic E-state index is 12.4. The number of anilines is 2. The van der Waals surface area contributed by atoms with E-state index in [2.05, 4.69) is 5.32 Å². The summed E-state index contributed by atoms with van der Waals surface area (Å²) in [5.74, 6) is 0.419. The van der Waals surface area contributed by atoms with E-state index >= 15 is 0 Å². The van der Waals surface area contributed by atoms with Gasteiger partial charge >= 0.3 is 0 Å². The number of benzene rings is 1. The van der Waals surface area contributed by atoms with Gasteiger partial charge in [-0.25, -0.2) is 0 Å². The zero-order valence-electron chi connectivity index (χ0n) is 12.7. The number of thiophene rings is 1. The zero-order chi connectivity index (χ0) is 15.8. The molecule has 2 aliphatic rings. The fourth-order valence-electron chi connectivity index (χ4n) is 3.05. The third-order valence-corrected chi connectivity index (χ3v) is 5.26. The van der Waals surface area contributed by atoms with Gasteiger partial charge < -0.3 is 10.2 Å². The van der Waals surface area contributed by atoms with Gasteiger partial charge in [-0.3, -0.25) is 9.59 Å². The van der Waals surface area contributed by atoms with Crippen LogP contribution in [0.2, 0.25) is 0 Å². The number of hydrogen-bond donors (Lipinski definition) is 1. The van der Waals surface area contributed by atoms with E-state index in [1.807, 2.05) is 40.6 Å². The average Bonchev–Trinajstić information content (AvgIpc) is 3.27. The van der Waals surface area contributed by atoms with Gasteiger partial charge in [0.15, 0.2) is 0 Å². The number of carbonyl (C=O) groups is 2. The lowest BCUT2D eigenvalue weighted by atomic mass is 10.0. The first-order valence-electron chi connectivity index (χ1n) is 8.01.